The van der Waals surface area contributed by atoms with Gasteiger partial charge in [0.1, 0.15) is 0 Å². The Bertz CT molecular complexity index is 298. The monoisotopic (exact) mass is 307 g/mol. The minimum atomic E-state index is -0.0373. The predicted molar refractivity (Wildman–Crippen MR) is 63.8 cm³/mol. The number of H-pyrrole nitrogens is 1. The lowest BCUT2D eigenvalue weighted by Crippen LogP contribution is -2.24. The van der Waals surface area contributed by atoms with E-state index in [-0.39, 0.29) is 5.91 Å². The highest BCUT2D eigenvalue weighted by atomic mass is 127. The Morgan fingerprint density at radius 2 is 2.43 bits per heavy atom. The molecule has 14 heavy (non-hydrogen) atoms. The lowest BCUT2D eigenvalue weighted by molar-refractivity contribution is 0.0952. The van der Waals surface area contributed by atoms with Crippen LogP contribution in [-0.4, -0.2) is 27.1 Å². The Morgan fingerprint density at radius 1 is 1.64 bits per heavy atom. The Labute approximate surface area is 97.0 Å². The Hall–Kier alpha value is -0.590. The van der Waals surface area contributed by atoms with Crippen molar-refractivity contribution in [3.8, 4) is 0 Å². The number of halogens is 1. The second kappa shape index (κ2) is 6.00. The highest BCUT2D eigenvalue weighted by Gasteiger charge is 2.08. The first-order valence-corrected chi connectivity index (χ1v) is 6.12. The molecular formula is C9H14IN3O. The normalized spacial score (nSPS) is 10.1. The molecule has 0 spiro atoms. The van der Waals surface area contributed by atoms with Gasteiger partial charge in [-0.1, -0.05) is 22.6 Å². The highest BCUT2D eigenvalue weighted by molar-refractivity contribution is 14.1. The van der Waals surface area contributed by atoms with Crippen molar-refractivity contribution in [1.29, 1.82) is 0 Å². The Morgan fingerprint density at radius 3 is 3.00 bits per heavy atom. The summed E-state index contributed by atoms with van der Waals surface area (Å²) < 4.78 is 1.14. The topological polar surface area (TPSA) is 57.8 Å². The van der Waals surface area contributed by atoms with Gasteiger partial charge >= 0.3 is 0 Å². The van der Waals surface area contributed by atoms with Gasteiger partial charge in [-0.05, 0) is 24.2 Å². The number of amides is 1. The summed E-state index contributed by atoms with van der Waals surface area (Å²) in [5.41, 5.74) is 1.45. The van der Waals surface area contributed by atoms with Crippen molar-refractivity contribution >= 4 is 28.5 Å². The SMILES string of the molecule is Cc1[nH]ncc1C(=O)NCCCCI. The molecule has 0 bridgehead atoms. The van der Waals surface area contributed by atoms with E-state index in [2.05, 4.69) is 38.1 Å². The van der Waals surface area contributed by atoms with Gasteiger partial charge in [0.05, 0.1) is 11.8 Å². The summed E-state index contributed by atoms with van der Waals surface area (Å²) in [6.45, 7) is 2.58. The minimum Gasteiger partial charge on any atom is -0.352 e. The smallest absolute Gasteiger partial charge is 0.254 e. The molecule has 5 heteroatoms. The molecule has 2 N–H and O–H groups in total. The van der Waals surface area contributed by atoms with Crippen LogP contribution in [0.2, 0.25) is 0 Å². The van der Waals surface area contributed by atoms with Gasteiger partial charge in [-0.2, -0.15) is 5.10 Å². The fraction of sp³-hybridized carbons (Fsp3) is 0.556. The molecule has 4 nitrogen and oxygen atoms in total. The summed E-state index contributed by atoms with van der Waals surface area (Å²) >= 11 is 2.33. The number of carbonyl (C=O) groups is 1. The average molecular weight is 307 g/mol. The number of hydrogen-bond donors (Lipinski definition) is 2. The number of nitrogens with zero attached hydrogens (tertiary/aromatic N) is 1. The predicted octanol–water partition coefficient (Wildman–Crippen LogP) is 1.66. The van der Waals surface area contributed by atoms with Gasteiger partial charge in [-0.3, -0.25) is 9.89 Å². The number of rotatable bonds is 5. The second-order valence-electron chi connectivity index (χ2n) is 3.06. The number of hydrogen-bond acceptors (Lipinski definition) is 2. The van der Waals surface area contributed by atoms with Crippen molar-refractivity contribution in [1.82, 2.24) is 15.5 Å². The number of unbranched alkanes of at least 4 members (excludes halogenated alkanes) is 1. The summed E-state index contributed by atoms with van der Waals surface area (Å²) in [7, 11) is 0. The Kier molecular flexibility index (Phi) is 4.92. The van der Waals surface area contributed by atoms with Crippen LogP contribution in [0.3, 0.4) is 0 Å². The lowest BCUT2D eigenvalue weighted by atomic mass is 10.2. The molecule has 1 aromatic heterocycles. The van der Waals surface area contributed by atoms with Gasteiger partial charge in [-0.15, -0.1) is 0 Å². The van der Waals surface area contributed by atoms with E-state index >= 15 is 0 Å². The first-order valence-electron chi connectivity index (χ1n) is 4.60. The first-order chi connectivity index (χ1) is 6.75. The zero-order valence-electron chi connectivity index (χ0n) is 8.14. The maximum absolute atomic E-state index is 11.5. The number of alkyl halides is 1. The number of nitrogens with one attached hydrogen (secondary N) is 2. The average Bonchev–Trinajstić information content (AvgIpc) is 2.59. The molecule has 1 heterocycles. The van der Waals surface area contributed by atoms with E-state index in [1.165, 1.54) is 0 Å². The van der Waals surface area contributed by atoms with Crippen LogP contribution in [0, 0.1) is 6.92 Å². The molecule has 0 atom stereocenters. The molecule has 0 aliphatic heterocycles. The van der Waals surface area contributed by atoms with E-state index in [9.17, 15) is 4.79 Å². The van der Waals surface area contributed by atoms with Crippen LogP contribution in [0.5, 0.6) is 0 Å². The van der Waals surface area contributed by atoms with E-state index in [1.807, 2.05) is 6.92 Å². The molecule has 0 radical (unpaired) electrons. The highest BCUT2D eigenvalue weighted by Crippen LogP contribution is 2.01. The van der Waals surface area contributed by atoms with Crippen LogP contribution < -0.4 is 5.32 Å². The maximum Gasteiger partial charge on any atom is 0.254 e. The number of carbonyl (C=O) groups excluding carboxylic acids is 1. The standard InChI is InChI=1S/C9H14IN3O/c1-7-8(6-12-13-7)9(14)11-5-3-2-4-10/h6H,2-5H2,1H3,(H,11,14)(H,12,13). The molecular weight excluding hydrogens is 293 g/mol. The summed E-state index contributed by atoms with van der Waals surface area (Å²) in [5.74, 6) is -0.0373. The molecule has 78 valence electrons. The quantitative estimate of drug-likeness (QED) is 0.494. The van der Waals surface area contributed by atoms with Gasteiger partial charge in [0.2, 0.25) is 0 Å². The third-order valence-corrected chi connectivity index (χ3v) is 2.68. The third-order valence-electron chi connectivity index (χ3n) is 1.92. The van der Waals surface area contributed by atoms with Crippen molar-refractivity contribution < 1.29 is 4.79 Å². The molecule has 1 aromatic rings. The zero-order chi connectivity index (χ0) is 10.4. The number of aromatic amines is 1. The van der Waals surface area contributed by atoms with Crippen LogP contribution in [0.15, 0.2) is 6.20 Å². The molecule has 0 aromatic carbocycles. The third kappa shape index (κ3) is 3.28. The van der Waals surface area contributed by atoms with Crippen molar-refractivity contribution in [2.45, 2.75) is 19.8 Å². The van der Waals surface area contributed by atoms with Crippen molar-refractivity contribution in [2.75, 3.05) is 11.0 Å². The fourth-order valence-corrected chi connectivity index (χ4v) is 1.64. The summed E-state index contributed by atoms with van der Waals surface area (Å²) in [6.07, 6.45) is 3.74. The summed E-state index contributed by atoms with van der Waals surface area (Å²) in [4.78, 5) is 11.5. The van der Waals surface area contributed by atoms with Crippen LogP contribution in [0.4, 0.5) is 0 Å². The van der Waals surface area contributed by atoms with Crippen molar-refractivity contribution in [3.63, 3.8) is 0 Å². The molecule has 1 amide bonds. The lowest BCUT2D eigenvalue weighted by Gasteiger charge is -2.02. The van der Waals surface area contributed by atoms with Crippen LogP contribution in [-0.2, 0) is 0 Å². The van der Waals surface area contributed by atoms with E-state index < -0.39 is 0 Å². The largest absolute Gasteiger partial charge is 0.352 e. The van der Waals surface area contributed by atoms with Gasteiger partial charge in [-0.25, -0.2) is 0 Å². The summed E-state index contributed by atoms with van der Waals surface area (Å²) in [5, 5.41) is 9.40. The van der Waals surface area contributed by atoms with Crippen LogP contribution in [0.1, 0.15) is 28.9 Å². The van der Waals surface area contributed by atoms with Gasteiger partial charge in [0.25, 0.3) is 5.91 Å². The fourth-order valence-electron chi connectivity index (χ4n) is 1.10. The van der Waals surface area contributed by atoms with Crippen molar-refractivity contribution in [2.24, 2.45) is 0 Å². The molecule has 0 saturated heterocycles. The molecule has 0 aliphatic carbocycles. The molecule has 0 saturated carbocycles. The maximum atomic E-state index is 11.5. The van der Waals surface area contributed by atoms with Gasteiger partial charge in [0, 0.05) is 12.2 Å². The Balaban J connectivity index is 2.32. The van der Waals surface area contributed by atoms with Gasteiger partial charge < -0.3 is 5.32 Å². The van der Waals surface area contributed by atoms with Crippen molar-refractivity contribution in [3.05, 3.63) is 17.5 Å². The van der Waals surface area contributed by atoms with E-state index in [4.69, 9.17) is 0 Å². The number of aromatic nitrogens is 2. The molecule has 1 rings (SSSR count). The van der Waals surface area contributed by atoms with E-state index in [1.54, 1.807) is 6.20 Å². The summed E-state index contributed by atoms with van der Waals surface area (Å²) in [6, 6.07) is 0. The van der Waals surface area contributed by atoms with E-state index in [0.717, 1.165) is 29.5 Å². The van der Waals surface area contributed by atoms with Crippen LogP contribution >= 0.6 is 22.6 Å². The second-order valence-corrected chi connectivity index (χ2v) is 4.14. The van der Waals surface area contributed by atoms with Gasteiger partial charge in [0.15, 0.2) is 0 Å². The number of aryl methyl sites for hydroxylation is 1. The molecule has 0 fully saturated rings. The minimum absolute atomic E-state index is 0.0373. The zero-order valence-corrected chi connectivity index (χ0v) is 10.3. The molecule has 0 unspecified atom stereocenters. The molecule has 0 aliphatic rings. The van der Waals surface area contributed by atoms with E-state index in [0.29, 0.717) is 5.56 Å². The first kappa shape index (κ1) is 11.5. The van der Waals surface area contributed by atoms with Crippen LogP contribution in [0.25, 0.3) is 0 Å².